The monoisotopic (exact) mass is 351 g/mol. The maximum Gasteiger partial charge on any atom is 0.225 e. The van der Waals surface area contributed by atoms with Crippen molar-refractivity contribution in [3.63, 3.8) is 0 Å². The first-order valence-electron chi connectivity index (χ1n) is 9.77. The zero-order valence-electron chi connectivity index (χ0n) is 16.6. The van der Waals surface area contributed by atoms with Crippen LogP contribution in [0.4, 0.5) is 5.95 Å². The minimum absolute atomic E-state index is 0.480. The maximum absolute atomic E-state index is 5.55. The Hall–Kier alpha value is -1.24. The summed E-state index contributed by atoms with van der Waals surface area (Å²) in [5.41, 5.74) is 6.64. The van der Waals surface area contributed by atoms with Crippen molar-refractivity contribution in [1.29, 1.82) is 0 Å². The van der Waals surface area contributed by atoms with Crippen LogP contribution in [0.2, 0.25) is 0 Å². The molecular formula is C19H37N5O. The summed E-state index contributed by atoms with van der Waals surface area (Å²) in [6.45, 7) is 15.9. The maximum atomic E-state index is 5.55. The summed E-state index contributed by atoms with van der Waals surface area (Å²) in [5, 5.41) is 0. The van der Waals surface area contributed by atoms with Crippen LogP contribution < -0.4 is 10.6 Å². The summed E-state index contributed by atoms with van der Waals surface area (Å²) in [4.78, 5) is 13.8. The highest BCUT2D eigenvalue weighted by Gasteiger charge is 2.18. The molecule has 0 saturated carbocycles. The molecule has 2 heterocycles. The van der Waals surface area contributed by atoms with Crippen LogP contribution in [0.15, 0.2) is 12.4 Å². The Morgan fingerprint density at radius 1 is 1.04 bits per heavy atom. The minimum atomic E-state index is 0.480. The third-order valence-electron chi connectivity index (χ3n) is 4.24. The average molecular weight is 352 g/mol. The normalized spacial score (nSPS) is 15.2. The van der Waals surface area contributed by atoms with E-state index in [2.05, 4.69) is 33.6 Å². The quantitative estimate of drug-likeness (QED) is 0.690. The van der Waals surface area contributed by atoms with E-state index >= 15 is 0 Å². The molecule has 1 saturated heterocycles. The number of hydrogen-bond acceptors (Lipinski definition) is 6. The van der Waals surface area contributed by atoms with Crippen molar-refractivity contribution in [3.05, 3.63) is 18.0 Å². The summed E-state index contributed by atoms with van der Waals surface area (Å²) in [7, 11) is 0. The molecule has 0 spiro atoms. The van der Waals surface area contributed by atoms with Crippen LogP contribution in [0, 0.1) is 0 Å². The van der Waals surface area contributed by atoms with Gasteiger partial charge in [-0.1, -0.05) is 27.7 Å². The molecule has 1 fully saturated rings. The van der Waals surface area contributed by atoms with Crippen molar-refractivity contribution in [2.24, 2.45) is 5.73 Å². The van der Waals surface area contributed by atoms with Crippen LogP contribution in [-0.4, -0.2) is 67.4 Å². The molecule has 0 aromatic carbocycles. The van der Waals surface area contributed by atoms with Crippen molar-refractivity contribution in [2.45, 2.75) is 46.5 Å². The van der Waals surface area contributed by atoms with Gasteiger partial charge in [-0.25, -0.2) is 9.97 Å². The summed E-state index contributed by atoms with van der Waals surface area (Å²) in [6.07, 6.45) is 5.95. The third kappa shape index (κ3) is 8.12. The Kier molecular flexibility index (Phi) is 11.4. The van der Waals surface area contributed by atoms with E-state index in [-0.39, 0.29) is 0 Å². The minimum Gasteiger partial charge on any atom is -0.381 e. The topological polar surface area (TPSA) is 67.5 Å². The van der Waals surface area contributed by atoms with Crippen LogP contribution in [-0.2, 0) is 4.74 Å². The van der Waals surface area contributed by atoms with Crippen molar-refractivity contribution < 1.29 is 4.74 Å². The number of ether oxygens (including phenoxy) is 1. The van der Waals surface area contributed by atoms with Gasteiger partial charge >= 0.3 is 0 Å². The molecule has 6 nitrogen and oxygen atoms in total. The van der Waals surface area contributed by atoms with Gasteiger partial charge in [0.1, 0.15) is 0 Å². The number of nitrogens with zero attached hydrogens (tertiary/aromatic N) is 4. The lowest BCUT2D eigenvalue weighted by atomic mass is 10.1. The van der Waals surface area contributed by atoms with Crippen LogP contribution in [0.1, 0.15) is 52.0 Å². The lowest BCUT2D eigenvalue weighted by molar-refractivity contribution is 0.118. The standard InChI is InChI=1S/C17H31N5O.C2H6/c1-15(2)16-13-19-17(20-14-16)22-9-7-21(8-10-22)6-4-12-23-11-3-5-18;1-2/h13-15H,3-12,18H2,1-2H3;1-2H3. The Balaban J connectivity index is 0.00000151. The van der Waals surface area contributed by atoms with Crippen molar-refractivity contribution in [1.82, 2.24) is 14.9 Å². The van der Waals surface area contributed by atoms with Crippen molar-refractivity contribution in [2.75, 3.05) is 57.4 Å². The Morgan fingerprint density at radius 2 is 1.64 bits per heavy atom. The van der Waals surface area contributed by atoms with E-state index < -0.39 is 0 Å². The molecule has 0 radical (unpaired) electrons. The molecule has 1 aromatic rings. The molecule has 6 heteroatoms. The predicted molar refractivity (Wildman–Crippen MR) is 105 cm³/mol. The first kappa shape index (κ1) is 21.8. The molecule has 0 aliphatic carbocycles. The molecule has 2 N–H and O–H groups in total. The van der Waals surface area contributed by atoms with E-state index in [4.69, 9.17) is 10.5 Å². The van der Waals surface area contributed by atoms with E-state index in [1.54, 1.807) is 0 Å². The van der Waals surface area contributed by atoms with Crippen LogP contribution in [0.3, 0.4) is 0 Å². The Morgan fingerprint density at radius 3 is 2.20 bits per heavy atom. The second-order valence-electron chi connectivity index (χ2n) is 6.41. The molecule has 144 valence electrons. The predicted octanol–water partition coefficient (Wildman–Crippen LogP) is 2.50. The summed E-state index contributed by atoms with van der Waals surface area (Å²) in [6, 6.07) is 0. The lowest BCUT2D eigenvalue weighted by Gasteiger charge is -2.34. The average Bonchev–Trinajstić information content (AvgIpc) is 2.67. The highest BCUT2D eigenvalue weighted by molar-refractivity contribution is 5.31. The molecule has 0 amide bonds. The fourth-order valence-electron chi connectivity index (χ4n) is 2.64. The first-order valence-corrected chi connectivity index (χ1v) is 9.77. The second-order valence-corrected chi connectivity index (χ2v) is 6.41. The van der Waals surface area contributed by atoms with E-state index in [0.717, 1.165) is 64.7 Å². The molecule has 0 atom stereocenters. The van der Waals surface area contributed by atoms with Crippen LogP contribution >= 0.6 is 0 Å². The number of piperazine rings is 1. The molecule has 25 heavy (non-hydrogen) atoms. The highest BCUT2D eigenvalue weighted by atomic mass is 16.5. The number of rotatable bonds is 9. The van der Waals surface area contributed by atoms with E-state index in [0.29, 0.717) is 12.5 Å². The SMILES string of the molecule is CC.CC(C)c1cnc(N2CCN(CCCOCCCN)CC2)nc1. The Bertz CT molecular complexity index is 430. The van der Waals surface area contributed by atoms with E-state index in [1.807, 2.05) is 26.2 Å². The van der Waals surface area contributed by atoms with E-state index in [9.17, 15) is 0 Å². The number of anilines is 1. The zero-order chi connectivity index (χ0) is 18.5. The smallest absolute Gasteiger partial charge is 0.225 e. The Labute approximate surface area is 153 Å². The van der Waals surface area contributed by atoms with Gasteiger partial charge in [0.15, 0.2) is 0 Å². The van der Waals surface area contributed by atoms with Gasteiger partial charge in [-0.2, -0.15) is 0 Å². The van der Waals surface area contributed by atoms with Gasteiger partial charge < -0.3 is 15.4 Å². The third-order valence-corrected chi connectivity index (χ3v) is 4.24. The summed E-state index contributed by atoms with van der Waals surface area (Å²) >= 11 is 0. The number of hydrogen-bond donors (Lipinski definition) is 1. The summed E-state index contributed by atoms with van der Waals surface area (Å²) < 4.78 is 5.55. The fraction of sp³-hybridized carbons (Fsp3) is 0.789. The number of aromatic nitrogens is 2. The van der Waals surface area contributed by atoms with Crippen molar-refractivity contribution in [3.8, 4) is 0 Å². The van der Waals surface area contributed by atoms with Gasteiger partial charge in [-0.3, -0.25) is 4.90 Å². The van der Waals surface area contributed by atoms with Gasteiger partial charge in [0, 0.05) is 58.3 Å². The van der Waals surface area contributed by atoms with Gasteiger partial charge in [0.2, 0.25) is 5.95 Å². The molecule has 1 aromatic heterocycles. The molecule has 2 rings (SSSR count). The van der Waals surface area contributed by atoms with Gasteiger partial charge in [-0.15, -0.1) is 0 Å². The van der Waals surface area contributed by atoms with Gasteiger partial charge in [-0.05, 0) is 30.9 Å². The van der Waals surface area contributed by atoms with Crippen LogP contribution in [0.5, 0.6) is 0 Å². The second kappa shape index (κ2) is 13.0. The largest absolute Gasteiger partial charge is 0.381 e. The van der Waals surface area contributed by atoms with Gasteiger partial charge in [0.05, 0.1) is 0 Å². The molecular weight excluding hydrogens is 314 g/mol. The molecule has 0 unspecified atom stereocenters. The van der Waals surface area contributed by atoms with Gasteiger partial charge in [0.25, 0.3) is 0 Å². The summed E-state index contributed by atoms with van der Waals surface area (Å²) in [5.74, 6) is 1.34. The van der Waals surface area contributed by atoms with Crippen LogP contribution in [0.25, 0.3) is 0 Å². The highest BCUT2D eigenvalue weighted by Crippen LogP contribution is 2.15. The zero-order valence-corrected chi connectivity index (χ0v) is 16.6. The van der Waals surface area contributed by atoms with E-state index in [1.165, 1.54) is 5.56 Å². The lowest BCUT2D eigenvalue weighted by Crippen LogP contribution is -2.47. The first-order chi connectivity index (χ1) is 12.2. The number of nitrogens with two attached hydrogens (primary N) is 1. The molecule has 1 aliphatic rings. The molecule has 1 aliphatic heterocycles. The van der Waals surface area contributed by atoms with Crippen molar-refractivity contribution >= 4 is 5.95 Å². The fourth-order valence-corrected chi connectivity index (χ4v) is 2.64. The molecule has 0 bridgehead atoms.